The van der Waals surface area contributed by atoms with Crippen LogP contribution in [-0.4, -0.2) is 11.2 Å². The zero-order valence-electron chi connectivity index (χ0n) is 9.80. The largest absolute Gasteiger partial charge is 0.393 e. The summed E-state index contributed by atoms with van der Waals surface area (Å²) in [6.45, 7) is 8.62. The van der Waals surface area contributed by atoms with Crippen molar-refractivity contribution >= 4 is 0 Å². The molecule has 1 atom stereocenters. The zero-order chi connectivity index (χ0) is 10.8. The van der Waals surface area contributed by atoms with Gasteiger partial charge in [0.25, 0.3) is 0 Å². The Kier molecular flexibility index (Phi) is 3.54. The van der Waals surface area contributed by atoms with Crippen molar-refractivity contribution in [3.8, 4) is 0 Å². The van der Waals surface area contributed by atoms with Crippen molar-refractivity contribution in [2.75, 3.05) is 0 Å². The third kappa shape index (κ3) is 2.71. The van der Waals surface area contributed by atoms with Crippen LogP contribution in [0.1, 0.15) is 47.0 Å². The molecular formula is C13H22O. The van der Waals surface area contributed by atoms with E-state index in [1.807, 2.05) is 6.92 Å². The highest BCUT2D eigenvalue weighted by atomic mass is 16.3. The Morgan fingerprint density at radius 2 is 2.14 bits per heavy atom. The van der Waals surface area contributed by atoms with E-state index < -0.39 is 0 Å². The lowest BCUT2D eigenvalue weighted by Crippen LogP contribution is -2.19. The van der Waals surface area contributed by atoms with Gasteiger partial charge in [0.2, 0.25) is 0 Å². The molecule has 0 spiro atoms. The first-order valence-corrected chi connectivity index (χ1v) is 5.48. The summed E-state index contributed by atoms with van der Waals surface area (Å²) in [5.74, 6) is 0. The third-order valence-electron chi connectivity index (χ3n) is 3.10. The van der Waals surface area contributed by atoms with Crippen molar-refractivity contribution < 1.29 is 5.11 Å². The molecule has 1 rings (SSSR count). The van der Waals surface area contributed by atoms with Crippen LogP contribution >= 0.6 is 0 Å². The molecule has 1 nitrogen and oxygen atoms in total. The number of rotatable bonds is 3. The molecule has 1 unspecified atom stereocenters. The van der Waals surface area contributed by atoms with Gasteiger partial charge in [-0.2, -0.15) is 0 Å². The number of hydrogen-bond donors (Lipinski definition) is 1. The average Bonchev–Trinajstić information content (AvgIpc) is 2.01. The molecule has 0 fully saturated rings. The van der Waals surface area contributed by atoms with Crippen molar-refractivity contribution in [2.45, 2.75) is 53.1 Å². The van der Waals surface area contributed by atoms with Crippen LogP contribution in [0.2, 0.25) is 0 Å². The summed E-state index contributed by atoms with van der Waals surface area (Å²) in [6.07, 6.45) is 7.31. The Hall–Kier alpha value is -0.560. The van der Waals surface area contributed by atoms with E-state index in [1.165, 1.54) is 11.1 Å². The molecule has 0 heterocycles. The molecule has 0 amide bonds. The number of aliphatic hydroxyl groups excluding tert-OH is 1. The Balaban J connectivity index is 2.75. The maximum Gasteiger partial charge on any atom is 0.0515 e. The van der Waals surface area contributed by atoms with E-state index in [1.54, 1.807) is 0 Å². The lowest BCUT2D eigenvalue weighted by Gasteiger charge is -2.32. The second-order valence-electron chi connectivity index (χ2n) is 5.04. The van der Waals surface area contributed by atoms with E-state index in [2.05, 4.69) is 32.9 Å². The van der Waals surface area contributed by atoms with Crippen LogP contribution in [0.3, 0.4) is 0 Å². The molecule has 0 aromatic carbocycles. The predicted octanol–water partition coefficient (Wildman–Crippen LogP) is 3.45. The van der Waals surface area contributed by atoms with Gasteiger partial charge in [0, 0.05) is 0 Å². The van der Waals surface area contributed by atoms with Crippen molar-refractivity contribution in [2.24, 2.45) is 5.41 Å². The van der Waals surface area contributed by atoms with Gasteiger partial charge in [-0.15, -0.1) is 0 Å². The predicted molar refractivity (Wildman–Crippen MR) is 61.2 cm³/mol. The Morgan fingerprint density at radius 3 is 2.64 bits per heavy atom. The fraction of sp³-hybridized carbons (Fsp3) is 0.692. The lowest BCUT2D eigenvalue weighted by atomic mass is 9.74. The minimum atomic E-state index is -0.183. The van der Waals surface area contributed by atoms with E-state index in [0.717, 1.165) is 19.3 Å². The third-order valence-corrected chi connectivity index (χ3v) is 3.10. The summed E-state index contributed by atoms with van der Waals surface area (Å²) >= 11 is 0. The zero-order valence-corrected chi connectivity index (χ0v) is 9.80. The molecule has 1 aliphatic carbocycles. The molecule has 0 saturated heterocycles. The van der Waals surface area contributed by atoms with Gasteiger partial charge in [0.15, 0.2) is 0 Å². The number of aliphatic hydroxyl groups is 1. The van der Waals surface area contributed by atoms with Gasteiger partial charge in [-0.1, -0.05) is 37.1 Å². The highest BCUT2D eigenvalue weighted by Gasteiger charge is 2.25. The minimum Gasteiger partial charge on any atom is -0.393 e. The van der Waals surface area contributed by atoms with Gasteiger partial charge in [0.1, 0.15) is 0 Å². The van der Waals surface area contributed by atoms with Crippen molar-refractivity contribution in [3.05, 3.63) is 23.3 Å². The summed E-state index contributed by atoms with van der Waals surface area (Å²) in [5, 5.41) is 9.30. The molecular weight excluding hydrogens is 172 g/mol. The Bertz CT molecular complexity index is 256. The van der Waals surface area contributed by atoms with Crippen LogP contribution in [0.15, 0.2) is 23.3 Å². The van der Waals surface area contributed by atoms with E-state index in [-0.39, 0.29) is 11.5 Å². The molecule has 1 heteroatoms. The van der Waals surface area contributed by atoms with E-state index in [0.29, 0.717) is 0 Å². The maximum atomic E-state index is 9.30. The van der Waals surface area contributed by atoms with Crippen molar-refractivity contribution in [3.63, 3.8) is 0 Å². The summed E-state index contributed by atoms with van der Waals surface area (Å²) in [5.41, 5.74) is 3.19. The summed E-state index contributed by atoms with van der Waals surface area (Å²) in [7, 11) is 0. The highest BCUT2D eigenvalue weighted by molar-refractivity contribution is 5.32. The molecule has 0 aliphatic heterocycles. The van der Waals surface area contributed by atoms with E-state index in [4.69, 9.17) is 0 Å². The van der Waals surface area contributed by atoms with Crippen LogP contribution in [0.5, 0.6) is 0 Å². The van der Waals surface area contributed by atoms with E-state index >= 15 is 0 Å². The summed E-state index contributed by atoms with van der Waals surface area (Å²) in [4.78, 5) is 0. The first kappa shape index (κ1) is 11.5. The summed E-state index contributed by atoms with van der Waals surface area (Å²) in [6, 6.07) is 0. The van der Waals surface area contributed by atoms with Crippen LogP contribution in [0.25, 0.3) is 0 Å². The maximum absolute atomic E-state index is 9.30. The normalized spacial score (nSPS) is 22.6. The minimum absolute atomic E-state index is 0.183. The molecule has 1 aliphatic rings. The molecule has 0 radical (unpaired) electrons. The molecule has 80 valence electrons. The van der Waals surface area contributed by atoms with Crippen LogP contribution in [0.4, 0.5) is 0 Å². The smallest absolute Gasteiger partial charge is 0.0515 e. The van der Waals surface area contributed by atoms with Crippen LogP contribution in [-0.2, 0) is 0 Å². The van der Waals surface area contributed by atoms with Gasteiger partial charge in [-0.25, -0.2) is 0 Å². The summed E-state index contributed by atoms with van der Waals surface area (Å²) < 4.78 is 0. The van der Waals surface area contributed by atoms with Gasteiger partial charge in [-0.05, 0) is 38.5 Å². The second kappa shape index (κ2) is 4.31. The van der Waals surface area contributed by atoms with Crippen molar-refractivity contribution in [1.82, 2.24) is 0 Å². The Labute approximate surface area is 87.5 Å². The van der Waals surface area contributed by atoms with E-state index in [9.17, 15) is 5.11 Å². The average molecular weight is 194 g/mol. The van der Waals surface area contributed by atoms with Gasteiger partial charge in [-0.3, -0.25) is 0 Å². The molecule has 0 bridgehead atoms. The first-order valence-electron chi connectivity index (χ1n) is 5.48. The van der Waals surface area contributed by atoms with Gasteiger partial charge >= 0.3 is 0 Å². The topological polar surface area (TPSA) is 20.2 Å². The SMILES string of the molecule is CC1=C(CCC(C)O)C(C)(C)CC=C1. The van der Waals surface area contributed by atoms with Crippen LogP contribution in [0, 0.1) is 5.41 Å². The standard InChI is InChI=1S/C13H22O/c1-10-6-5-9-13(3,4)12(10)8-7-11(2)14/h5-6,11,14H,7-9H2,1-4H3. The molecule has 0 aromatic heterocycles. The second-order valence-corrected chi connectivity index (χ2v) is 5.04. The number of allylic oxidation sites excluding steroid dienone is 4. The molecule has 0 saturated carbocycles. The Morgan fingerprint density at radius 1 is 1.50 bits per heavy atom. The van der Waals surface area contributed by atoms with Gasteiger partial charge in [0.05, 0.1) is 6.10 Å². The fourth-order valence-corrected chi connectivity index (χ4v) is 2.18. The van der Waals surface area contributed by atoms with Crippen molar-refractivity contribution in [1.29, 1.82) is 0 Å². The highest BCUT2D eigenvalue weighted by Crippen LogP contribution is 2.39. The quantitative estimate of drug-likeness (QED) is 0.729. The monoisotopic (exact) mass is 194 g/mol. The van der Waals surface area contributed by atoms with Gasteiger partial charge < -0.3 is 5.11 Å². The molecule has 0 aromatic rings. The van der Waals surface area contributed by atoms with Crippen LogP contribution < -0.4 is 0 Å². The molecule has 1 N–H and O–H groups in total. The fourth-order valence-electron chi connectivity index (χ4n) is 2.18. The first-order chi connectivity index (χ1) is 6.43. The number of hydrogen-bond acceptors (Lipinski definition) is 1. The lowest BCUT2D eigenvalue weighted by molar-refractivity contribution is 0.182. The molecule has 14 heavy (non-hydrogen) atoms.